The second kappa shape index (κ2) is 5.97. The number of nitrogens with zero attached hydrogens (tertiary/aromatic N) is 1. The van der Waals surface area contributed by atoms with E-state index in [1.54, 1.807) is 0 Å². The Morgan fingerprint density at radius 3 is 2.92 bits per heavy atom. The van der Waals surface area contributed by atoms with Crippen molar-refractivity contribution in [2.75, 3.05) is 13.2 Å². The molecule has 0 unspecified atom stereocenters. The van der Waals surface area contributed by atoms with Gasteiger partial charge in [0.15, 0.2) is 5.90 Å². The lowest BCUT2D eigenvalue weighted by Crippen LogP contribution is -2.03. The van der Waals surface area contributed by atoms with Gasteiger partial charge in [-0.2, -0.15) is 0 Å². The molecule has 0 bridgehead atoms. The smallest absolute Gasteiger partial charge is 0.183 e. The Kier molecular flexibility index (Phi) is 4.83. The van der Waals surface area contributed by atoms with Crippen LogP contribution in [0.4, 0.5) is 0 Å². The molecule has 0 radical (unpaired) electrons. The molecule has 0 saturated heterocycles. The lowest BCUT2D eigenvalue weighted by molar-refractivity contribution is 0.306. The Hall–Kier alpha value is -0.570. The average Bonchev–Trinajstić information content (AvgIpc) is 2.60. The lowest BCUT2D eigenvalue weighted by Gasteiger charge is -2.00. The van der Waals surface area contributed by atoms with Crippen molar-refractivity contribution in [3.05, 3.63) is 0 Å². The Morgan fingerprint density at radius 1 is 1.46 bits per heavy atom. The highest BCUT2D eigenvalue weighted by Gasteiger charge is 2.15. The van der Waals surface area contributed by atoms with E-state index in [0.29, 0.717) is 6.04 Å². The third-order valence-electron chi connectivity index (χ3n) is 2.33. The van der Waals surface area contributed by atoms with Crippen molar-refractivity contribution in [3.63, 3.8) is 0 Å². The van der Waals surface area contributed by atoms with Crippen molar-refractivity contribution in [2.45, 2.75) is 45.1 Å². The zero-order chi connectivity index (χ0) is 9.52. The standard InChI is InChI=1S/C10H20N2O/c1-2-9-8-13-10(12-9)6-4-3-5-7-11/h9H,2-8,11H2,1H3/t9-/m1/s1. The summed E-state index contributed by atoms with van der Waals surface area (Å²) in [4.78, 5) is 4.47. The number of nitrogens with two attached hydrogens (primary N) is 1. The zero-order valence-electron chi connectivity index (χ0n) is 8.46. The summed E-state index contributed by atoms with van der Waals surface area (Å²) in [6.45, 7) is 3.74. The van der Waals surface area contributed by atoms with E-state index in [-0.39, 0.29) is 0 Å². The van der Waals surface area contributed by atoms with Gasteiger partial charge in [-0.3, -0.25) is 0 Å². The molecule has 0 saturated carbocycles. The molecule has 0 fully saturated rings. The van der Waals surface area contributed by atoms with E-state index in [1.165, 1.54) is 6.42 Å². The van der Waals surface area contributed by atoms with Crippen LogP contribution in [0.15, 0.2) is 4.99 Å². The van der Waals surface area contributed by atoms with Gasteiger partial charge < -0.3 is 10.5 Å². The second-order valence-corrected chi connectivity index (χ2v) is 3.50. The predicted molar refractivity (Wildman–Crippen MR) is 55.0 cm³/mol. The predicted octanol–water partition coefficient (Wildman–Crippen LogP) is 1.71. The van der Waals surface area contributed by atoms with Crippen molar-refractivity contribution in [3.8, 4) is 0 Å². The van der Waals surface area contributed by atoms with Gasteiger partial charge in [-0.05, 0) is 25.8 Å². The van der Waals surface area contributed by atoms with E-state index in [0.717, 1.165) is 44.7 Å². The molecular formula is C10H20N2O. The maximum atomic E-state index is 5.46. The van der Waals surface area contributed by atoms with Crippen LogP contribution in [-0.4, -0.2) is 25.1 Å². The molecule has 0 aromatic carbocycles. The zero-order valence-corrected chi connectivity index (χ0v) is 8.46. The van der Waals surface area contributed by atoms with Gasteiger partial charge in [0.05, 0.1) is 6.04 Å². The summed E-state index contributed by atoms with van der Waals surface area (Å²) in [6, 6.07) is 0.421. The van der Waals surface area contributed by atoms with E-state index in [4.69, 9.17) is 10.5 Å². The Labute approximate surface area is 80.4 Å². The van der Waals surface area contributed by atoms with E-state index in [1.807, 2.05) is 0 Å². The Balaban J connectivity index is 2.08. The van der Waals surface area contributed by atoms with Crippen LogP contribution >= 0.6 is 0 Å². The van der Waals surface area contributed by atoms with Gasteiger partial charge >= 0.3 is 0 Å². The molecule has 76 valence electrons. The number of hydrogen-bond acceptors (Lipinski definition) is 3. The van der Waals surface area contributed by atoms with Crippen LogP contribution in [0.5, 0.6) is 0 Å². The molecule has 0 aliphatic carbocycles. The van der Waals surface area contributed by atoms with Crippen LogP contribution in [0.2, 0.25) is 0 Å². The third-order valence-corrected chi connectivity index (χ3v) is 2.33. The minimum Gasteiger partial charge on any atom is -0.479 e. The fourth-order valence-electron chi connectivity index (χ4n) is 1.41. The molecule has 0 aromatic heterocycles. The molecular weight excluding hydrogens is 164 g/mol. The second-order valence-electron chi connectivity index (χ2n) is 3.50. The number of unbranched alkanes of at least 4 members (excludes halogenated alkanes) is 2. The summed E-state index contributed by atoms with van der Waals surface area (Å²) >= 11 is 0. The van der Waals surface area contributed by atoms with Crippen molar-refractivity contribution >= 4 is 5.90 Å². The molecule has 1 heterocycles. The van der Waals surface area contributed by atoms with Crippen molar-refractivity contribution < 1.29 is 4.74 Å². The third kappa shape index (κ3) is 3.77. The normalized spacial score (nSPS) is 21.4. The van der Waals surface area contributed by atoms with Crippen molar-refractivity contribution in [1.82, 2.24) is 0 Å². The molecule has 0 amide bonds. The minimum atomic E-state index is 0.421. The van der Waals surface area contributed by atoms with E-state index >= 15 is 0 Å². The molecule has 1 rings (SSSR count). The summed E-state index contributed by atoms with van der Waals surface area (Å²) in [5, 5.41) is 0. The van der Waals surface area contributed by atoms with Gasteiger partial charge in [0.2, 0.25) is 0 Å². The van der Waals surface area contributed by atoms with Gasteiger partial charge in [-0.25, -0.2) is 4.99 Å². The van der Waals surface area contributed by atoms with E-state index in [2.05, 4.69) is 11.9 Å². The topological polar surface area (TPSA) is 47.6 Å². The molecule has 1 aliphatic heterocycles. The molecule has 13 heavy (non-hydrogen) atoms. The molecule has 1 aliphatic rings. The van der Waals surface area contributed by atoms with Crippen LogP contribution in [0.1, 0.15) is 39.0 Å². The molecule has 3 nitrogen and oxygen atoms in total. The summed E-state index contributed by atoms with van der Waals surface area (Å²) in [5.74, 6) is 0.962. The monoisotopic (exact) mass is 184 g/mol. The highest BCUT2D eigenvalue weighted by molar-refractivity contribution is 5.77. The fraction of sp³-hybridized carbons (Fsp3) is 0.900. The summed E-state index contributed by atoms with van der Waals surface area (Å²) < 4.78 is 5.46. The molecule has 0 spiro atoms. The van der Waals surface area contributed by atoms with Crippen LogP contribution in [0.3, 0.4) is 0 Å². The summed E-state index contributed by atoms with van der Waals surface area (Å²) in [7, 11) is 0. The van der Waals surface area contributed by atoms with Crippen LogP contribution in [0, 0.1) is 0 Å². The van der Waals surface area contributed by atoms with Gasteiger partial charge in [0.1, 0.15) is 6.61 Å². The number of rotatable bonds is 6. The Bertz CT molecular complexity index is 168. The molecule has 3 heteroatoms. The first kappa shape index (κ1) is 10.5. The number of aliphatic imine (C=N–C) groups is 1. The first-order valence-corrected chi connectivity index (χ1v) is 5.26. The number of hydrogen-bond donors (Lipinski definition) is 1. The van der Waals surface area contributed by atoms with Gasteiger partial charge in [-0.15, -0.1) is 0 Å². The maximum absolute atomic E-state index is 5.46. The SMILES string of the molecule is CC[C@@H]1COC(CCCCCN)=N1. The highest BCUT2D eigenvalue weighted by atomic mass is 16.5. The maximum Gasteiger partial charge on any atom is 0.183 e. The van der Waals surface area contributed by atoms with Crippen LogP contribution in [0.25, 0.3) is 0 Å². The first-order valence-electron chi connectivity index (χ1n) is 5.26. The average molecular weight is 184 g/mol. The van der Waals surface area contributed by atoms with E-state index in [9.17, 15) is 0 Å². The van der Waals surface area contributed by atoms with Gasteiger partial charge in [0.25, 0.3) is 0 Å². The minimum absolute atomic E-state index is 0.421. The quantitative estimate of drug-likeness (QED) is 0.639. The van der Waals surface area contributed by atoms with Crippen molar-refractivity contribution in [2.24, 2.45) is 10.7 Å². The van der Waals surface area contributed by atoms with Crippen molar-refractivity contribution in [1.29, 1.82) is 0 Å². The van der Waals surface area contributed by atoms with Crippen LogP contribution in [-0.2, 0) is 4.74 Å². The fourth-order valence-corrected chi connectivity index (χ4v) is 1.41. The van der Waals surface area contributed by atoms with E-state index < -0.39 is 0 Å². The summed E-state index contributed by atoms with van der Waals surface area (Å²) in [5.41, 5.74) is 5.40. The lowest BCUT2D eigenvalue weighted by atomic mass is 10.2. The molecule has 1 atom stereocenters. The first-order chi connectivity index (χ1) is 6.36. The van der Waals surface area contributed by atoms with Gasteiger partial charge in [0, 0.05) is 6.42 Å². The largest absolute Gasteiger partial charge is 0.479 e. The van der Waals surface area contributed by atoms with Crippen LogP contribution < -0.4 is 5.73 Å². The molecule has 2 N–H and O–H groups in total. The summed E-state index contributed by atoms with van der Waals surface area (Å²) in [6.07, 6.45) is 5.55. The number of ether oxygens (including phenoxy) is 1. The Morgan fingerprint density at radius 2 is 2.31 bits per heavy atom. The van der Waals surface area contributed by atoms with Gasteiger partial charge in [-0.1, -0.05) is 13.3 Å². The molecule has 0 aromatic rings. The highest BCUT2D eigenvalue weighted by Crippen LogP contribution is 2.12.